The molecule has 2 saturated heterocycles. The van der Waals surface area contributed by atoms with Crippen molar-refractivity contribution < 1.29 is 9.59 Å². The van der Waals surface area contributed by atoms with Gasteiger partial charge in [-0.25, -0.2) is 4.98 Å². The predicted octanol–water partition coefficient (Wildman–Crippen LogP) is 3.25. The van der Waals surface area contributed by atoms with Crippen LogP contribution in [0, 0.1) is 5.92 Å². The fourth-order valence-electron chi connectivity index (χ4n) is 4.93. The van der Waals surface area contributed by atoms with Gasteiger partial charge in [0, 0.05) is 57.5 Å². The summed E-state index contributed by atoms with van der Waals surface area (Å²) in [5.41, 5.74) is 1.02. The van der Waals surface area contributed by atoms with Crippen molar-refractivity contribution in [3.05, 3.63) is 36.0 Å². The summed E-state index contributed by atoms with van der Waals surface area (Å²) in [4.78, 5) is 36.3. The summed E-state index contributed by atoms with van der Waals surface area (Å²) in [6, 6.07) is 5.95. The molecule has 30 heavy (non-hydrogen) atoms. The second kappa shape index (κ2) is 10.1. The van der Waals surface area contributed by atoms with Crippen molar-refractivity contribution in [2.24, 2.45) is 5.92 Å². The van der Waals surface area contributed by atoms with Gasteiger partial charge in [0.15, 0.2) is 0 Å². The number of piperidine rings is 1. The fraction of sp³-hybridized carbons (Fsp3) is 0.625. The number of allylic oxidation sites excluding steroid dienone is 1. The number of nitrogens with zero attached hydrogens (tertiary/aromatic N) is 4. The number of carbonyl (C=O) groups is 2. The molecule has 0 bridgehead atoms. The lowest BCUT2D eigenvalue weighted by Gasteiger charge is -2.36. The average Bonchev–Trinajstić information content (AvgIpc) is 2.83. The van der Waals surface area contributed by atoms with Crippen LogP contribution >= 0.6 is 0 Å². The molecule has 2 amide bonds. The number of anilines is 1. The Kier molecular flexibility index (Phi) is 7.03. The van der Waals surface area contributed by atoms with Crippen molar-refractivity contribution in [3.63, 3.8) is 0 Å². The molecule has 6 heteroatoms. The summed E-state index contributed by atoms with van der Waals surface area (Å²) in [7, 11) is 0. The molecule has 1 aromatic rings. The van der Waals surface area contributed by atoms with Gasteiger partial charge in [-0.2, -0.15) is 0 Å². The summed E-state index contributed by atoms with van der Waals surface area (Å²) in [6.45, 7) is 4.89. The Labute approximate surface area is 179 Å². The molecule has 162 valence electrons. The highest BCUT2D eigenvalue weighted by atomic mass is 16.2. The topological polar surface area (TPSA) is 56.8 Å². The molecule has 1 aromatic heterocycles. The molecule has 0 unspecified atom stereocenters. The zero-order valence-electron chi connectivity index (χ0n) is 18.0. The zero-order valence-corrected chi connectivity index (χ0v) is 18.0. The molecule has 3 heterocycles. The maximum Gasteiger partial charge on any atom is 0.249 e. The molecule has 0 spiro atoms. The second-order valence-corrected chi connectivity index (χ2v) is 8.83. The van der Waals surface area contributed by atoms with Gasteiger partial charge in [0.25, 0.3) is 0 Å². The van der Waals surface area contributed by atoms with E-state index in [1.54, 1.807) is 0 Å². The van der Waals surface area contributed by atoms with E-state index in [1.165, 1.54) is 6.42 Å². The molecule has 4 rings (SSSR count). The molecule has 0 saturated carbocycles. The van der Waals surface area contributed by atoms with Crippen LogP contribution in [0.15, 0.2) is 36.0 Å². The third kappa shape index (κ3) is 5.21. The smallest absolute Gasteiger partial charge is 0.249 e. The van der Waals surface area contributed by atoms with E-state index in [2.05, 4.69) is 16.0 Å². The summed E-state index contributed by atoms with van der Waals surface area (Å²) in [5.74, 6) is 1.95. The van der Waals surface area contributed by atoms with Crippen LogP contribution in [0.3, 0.4) is 0 Å². The van der Waals surface area contributed by atoms with Crippen molar-refractivity contribution in [2.75, 3.05) is 44.2 Å². The maximum atomic E-state index is 12.8. The van der Waals surface area contributed by atoms with E-state index in [4.69, 9.17) is 0 Å². The Morgan fingerprint density at radius 1 is 1.00 bits per heavy atom. The molecular formula is C24H34N4O2. The van der Waals surface area contributed by atoms with E-state index in [-0.39, 0.29) is 11.8 Å². The molecule has 3 aliphatic rings. The first-order chi connectivity index (χ1) is 14.7. The molecular weight excluding hydrogens is 376 g/mol. The van der Waals surface area contributed by atoms with Crippen LogP contribution in [0.5, 0.6) is 0 Å². The van der Waals surface area contributed by atoms with Gasteiger partial charge in [0.2, 0.25) is 11.8 Å². The third-order valence-corrected chi connectivity index (χ3v) is 6.74. The lowest BCUT2D eigenvalue weighted by molar-refractivity contribution is -0.132. The van der Waals surface area contributed by atoms with Crippen LogP contribution in [-0.2, 0) is 9.59 Å². The van der Waals surface area contributed by atoms with Gasteiger partial charge < -0.3 is 14.7 Å². The van der Waals surface area contributed by atoms with E-state index in [1.807, 2.05) is 34.2 Å². The number of piperazine rings is 1. The van der Waals surface area contributed by atoms with Crippen molar-refractivity contribution in [3.8, 4) is 0 Å². The molecule has 0 N–H and O–H groups in total. The minimum absolute atomic E-state index is 0.247. The van der Waals surface area contributed by atoms with Gasteiger partial charge in [0.05, 0.1) is 0 Å². The fourth-order valence-corrected chi connectivity index (χ4v) is 4.93. The number of aromatic nitrogens is 1. The number of carbonyl (C=O) groups excluding carboxylic acids is 2. The van der Waals surface area contributed by atoms with Gasteiger partial charge in [-0.05, 0) is 63.0 Å². The zero-order chi connectivity index (χ0) is 20.8. The number of rotatable bonds is 5. The largest absolute Gasteiger partial charge is 0.353 e. The SMILES string of the molecule is O=C(CC[C@H]1CCCN(C(=O)C2=CCCCC2)C1)N1CCN(c2ccccn2)CC1. The minimum Gasteiger partial charge on any atom is -0.353 e. The number of pyridine rings is 1. The number of hydrogen-bond acceptors (Lipinski definition) is 4. The maximum absolute atomic E-state index is 12.8. The highest BCUT2D eigenvalue weighted by Gasteiger charge is 2.27. The summed E-state index contributed by atoms with van der Waals surface area (Å²) < 4.78 is 0. The Morgan fingerprint density at radius 3 is 2.60 bits per heavy atom. The van der Waals surface area contributed by atoms with Gasteiger partial charge in [0.1, 0.15) is 5.82 Å². The molecule has 0 aromatic carbocycles. The molecule has 2 fully saturated rings. The third-order valence-electron chi connectivity index (χ3n) is 6.74. The van der Waals surface area contributed by atoms with Crippen LogP contribution in [0.2, 0.25) is 0 Å². The van der Waals surface area contributed by atoms with E-state index in [0.717, 1.165) is 89.2 Å². The van der Waals surface area contributed by atoms with E-state index < -0.39 is 0 Å². The van der Waals surface area contributed by atoms with Crippen LogP contribution in [0.25, 0.3) is 0 Å². The van der Waals surface area contributed by atoms with Crippen molar-refractivity contribution >= 4 is 17.6 Å². The van der Waals surface area contributed by atoms with E-state index >= 15 is 0 Å². The summed E-state index contributed by atoms with van der Waals surface area (Å²) in [5, 5.41) is 0. The van der Waals surface area contributed by atoms with Crippen molar-refractivity contribution in [2.45, 2.75) is 51.4 Å². The Hall–Kier alpha value is -2.37. The normalized spacial score (nSPS) is 22.6. The van der Waals surface area contributed by atoms with Crippen LogP contribution in [0.4, 0.5) is 5.82 Å². The monoisotopic (exact) mass is 410 g/mol. The van der Waals surface area contributed by atoms with Gasteiger partial charge in [-0.15, -0.1) is 0 Å². The number of hydrogen-bond donors (Lipinski definition) is 0. The minimum atomic E-state index is 0.247. The first kappa shape index (κ1) is 20.9. The van der Waals surface area contributed by atoms with Gasteiger partial charge >= 0.3 is 0 Å². The lowest BCUT2D eigenvalue weighted by Crippen LogP contribution is -2.49. The van der Waals surface area contributed by atoms with Crippen molar-refractivity contribution in [1.82, 2.24) is 14.8 Å². The first-order valence-corrected chi connectivity index (χ1v) is 11.6. The van der Waals surface area contributed by atoms with Gasteiger partial charge in [-0.3, -0.25) is 9.59 Å². The van der Waals surface area contributed by atoms with Crippen LogP contribution < -0.4 is 4.90 Å². The Bertz CT molecular complexity index is 756. The summed E-state index contributed by atoms with van der Waals surface area (Å²) in [6.07, 6.45) is 11.9. The van der Waals surface area contributed by atoms with Crippen LogP contribution in [-0.4, -0.2) is 65.9 Å². The molecule has 0 radical (unpaired) electrons. The quantitative estimate of drug-likeness (QED) is 0.748. The number of likely N-dealkylation sites (tertiary alicyclic amines) is 1. The summed E-state index contributed by atoms with van der Waals surface area (Å²) >= 11 is 0. The Balaban J connectivity index is 1.21. The number of amides is 2. The van der Waals surface area contributed by atoms with E-state index in [0.29, 0.717) is 12.3 Å². The molecule has 1 aliphatic carbocycles. The highest BCUT2D eigenvalue weighted by molar-refractivity contribution is 5.93. The highest BCUT2D eigenvalue weighted by Crippen LogP contribution is 2.26. The predicted molar refractivity (Wildman–Crippen MR) is 118 cm³/mol. The standard InChI is InChI=1S/C24H34N4O2/c29-23(27-17-15-26(16-18-27)22-10-4-5-13-25-22)12-11-20-7-6-14-28(19-20)24(30)21-8-2-1-3-9-21/h4-5,8,10,13,20H,1-3,6-7,9,11-12,14-19H2/t20-/m1/s1. The Morgan fingerprint density at radius 2 is 1.87 bits per heavy atom. The van der Waals surface area contributed by atoms with Gasteiger partial charge in [-0.1, -0.05) is 12.1 Å². The average molecular weight is 411 g/mol. The van der Waals surface area contributed by atoms with E-state index in [9.17, 15) is 9.59 Å². The van der Waals surface area contributed by atoms with Crippen molar-refractivity contribution in [1.29, 1.82) is 0 Å². The first-order valence-electron chi connectivity index (χ1n) is 11.6. The molecule has 1 atom stereocenters. The van der Waals surface area contributed by atoms with Crippen LogP contribution in [0.1, 0.15) is 51.4 Å². The lowest BCUT2D eigenvalue weighted by atomic mass is 9.91. The second-order valence-electron chi connectivity index (χ2n) is 8.83. The molecule has 2 aliphatic heterocycles. The molecule has 6 nitrogen and oxygen atoms in total.